The average molecular weight is 271 g/mol. The van der Waals surface area contributed by atoms with E-state index in [0.29, 0.717) is 0 Å². The summed E-state index contributed by atoms with van der Waals surface area (Å²) in [5, 5.41) is 3.30. The highest BCUT2D eigenvalue weighted by Crippen LogP contribution is 2.32. The van der Waals surface area contributed by atoms with Crippen LogP contribution in [0.2, 0.25) is 0 Å². The highest BCUT2D eigenvalue weighted by Gasteiger charge is 2.09. The van der Waals surface area contributed by atoms with Crippen molar-refractivity contribution in [2.45, 2.75) is 13.3 Å². The van der Waals surface area contributed by atoms with Crippen LogP contribution in [0.1, 0.15) is 13.3 Å². The smallest absolute Gasteiger partial charge is 0.142 e. The van der Waals surface area contributed by atoms with E-state index >= 15 is 0 Å². The van der Waals surface area contributed by atoms with E-state index in [1.807, 2.05) is 49.6 Å². The molecule has 0 spiro atoms. The number of benzene rings is 1. The molecule has 1 heterocycles. The van der Waals surface area contributed by atoms with E-state index in [1.54, 1.807) is 7.11 Å². The summed E-state index contributed by atoms with van der Waals surface area (Å²) in [5.41, 5.74) is 2.10. The summed E-state index contributed by atoms with van der Waals surface area (Å²) in [6.07, 6.45) is 2.90. The molecule has 20 heavy (non-hydrogen) atoms. The molecule has 106 valence electrons. The van der Waals surface area contributed by atoms with E-state index in [0.717, 1.165) is 35.9 Å². The van der Waals surface area contributed by atoms with Gasteiger partial charge in [0.2, 0.25) is 0 Å². The Hall–Kier alpha value is -2.23. The zero-order chi connectivity index (χ0) is 14.4. The van der Waals surface area contributed by atoms with Gasteiger partial charge in [0.05, 0.1) is 12.8 Å². The molecule has 0 radical (unpaired) electrons. The molecular weight excluding hydrogens is 250 g/mol. The van der Waals surface area contributed by atoms with E-state index in [2.05, 4.69) is 22.1 Å². The summed E-state index contributed by atoms with van der Waals surface area (Å²) < 4.78 is 5.41. The number of hydrogen-bond acceptors (Lipinski definition) is 4. The minimum absolute atomic E-state index is 0.856. The molecule has 0 atom stereocenters. The first-order valence-corrected chi connectivity index (χ1v) is 6.83. The molecular formula is C16H21N3O. The minimum Gasteiger partial charge on any atom is -0.495 e. The average Bonchev–Trinajstić information content (AvgIpc) is 2.52. The predicted molar refractivity (Wildman–Crippen MR) is 84.1 cm³/mol. The van der Waals surface area contributed by atoms with Crippen molar-refractivity contribution in [2.24, 2.45) is 0 Å². The van der Waals surface area contributed by atoms with Gasteiger partial charge in [0.15, 0.2) is 0 Å². The van der Waals surface area contributed by atoms with Crippen LogP contribution in [0, 0.1) is 0 Å². The van der Waals surface area contributed by atoms with E-state index in [1.165, 1.54) is 0 Å². The molecule has 4 nitrogen and oxygen atoms in total. The van der Waals surface area contributed by atoms with Gasteiger partial charge in [-0.1, -0.05) is 19.1 Å². The van der Waals surface area contributed by atoms with Crippen molar-refractivity contribution in [1.29, 1.82) is 0 Å². The van der Waals surface area contributed by atoms with Gasteiger partial charge in [-0.2, -0.15) is 0 Å². The first kappa shape index (κ1) is 14.2. The maximum Gasteiger partial charge on any atom is 0.142 e. The molecule has 0 aliphatic carbocycles. The Morgan fingerprint density at radius 1 is 1.25 bits per heavy atom. The first-order chi connectivity index (χ1) is 9.76. The number of nitrogens with zero attached hydrogens (tertiary/aromatic N) is 2. The van der Waals surface area contributed by atoms with Crippen molar-refractivity contribution < 1.29 is 4.74 Å². The highest BCUT2D eigenvalue weighted by molar-refractivity contribution is 5.69. The lowest BCUT2D eigenvalue weighted by Gasteiger charge is -2.22. The van der Waals surface area contributed by atoms with Gasteiger partial charge in [-0.15, -0.1) is 0 Å². The number of hydrogen-bond donors (Lipinski definition) is 1. The number of aromatic nitrogens is 1. The summed E-state index contributed by atoms with van der Waals surface area (Å²) in [7, 11) is 3.71. The Bertz CT molecular complexity index is 557. The molecule has 1 aromatic carbocycles. The largest absolute Gasteiger partial charge is 0.495 e. The Morgan fingerprint density at radius 2 is 2.05 bits per heavy atom. The monoisotopic (exact) mass is 271 g/mol. The van der Waals surface area contributed by atoms with Crippen LogP contribution in [-0.2, 0) is 0 Å². The quantitative estimate of drug-likeness (QED) is 0.869. The van der Waals surface area contributed by atoms with Gasteiger partial charge < -0.3 is 15.0 Å². The SMILES string of the molecule is CCCNc1cc(N(C)c2ccccc2OC)ccn1. The van der Waals surface area contributed by atoms with E-state index in [9.17, 15) is 0 Å². The van der Waals surface area contributed by atoms with E-state index in [4.69, 9.17) is 4.74 Å². The van der Waals surface area contributed by atoms with E-state index < -0.39 is 0 Å². The summed E-state index contributed by atoms with van der Waals surface area (Å²) >= 11 is 0. The van der Waals surface area contributed by atoms with Crippen LogP contribution < -0.4 is 15.0 Å². The third kappa shape index (κ3) is 3.20. The van der Waals surface area contributed by atoms with Crippen LogP contribution in [0.25, 0.3) is 0 Å². The van der Waals surface area contributed by atoms with Gasteiger partial charge in [0, 0.05) is 31.5 Å². The molecule has 0 aliphatic heterocycles. The fourth-order valence-corrected chi connectivity index (χ4v) is 2.02. The number of pyridine rings is 1. The summed E-state index contributed by atoms with van der Waals surface area (Å²) in [6.45, 7) is 3.06. The van der Waals surface area contributed by atoms with Crippen LogP contribution in [-0.4, -0.2) is 25.7 Å². The molecule has 0 saturated carbocycles. The lowest BCUT2D eigenvalue weighted by Crippen LogP contribution is -2.11. The second-order valence-corrected chi connectivity index (χ2v) is 4.56. The maximum atomic E-state index is 5.41. The fraction of sp³-hybridized carbons (Fsp3) is 0.312. The van der Waals surface area contributed by atoms with Crippen molar-refractivity contribution in [3.05, 3.63) is 42.6 Å². The van der Waals surface area contributed by atoms with Crippen LogP contribution in [0.4, 0.5) is 17.2 Å². The fourth-order valence-electron chi connectivity index (χ4n) is 2.02. The molecule has 1 aromatic heterocycles. The molecule has 0 fully saturated rings. The summed E-state index contributed by atoms with van der Waals surface area (Å²) in [6, 6.07) is 12.0. The zero-order valence-electron chi connectivity index (χ0n) is 12.3. The number of methoxy groups -OCH3 is 1. The third-order valence-electron chi connectivity index (χ3n) is 3.13. The Labute approximate surface area is 120 Å². The van der Waals surface area contributed by atoms with Crippen LogP contribution in [0.3, 0.4) is 0 Å². The third-order valence-corrected chi connectivity index (χ3v) is 3.13. The molecule has 0 aliphatic rings. The molecule has 2 rings (SSSR count). The molecule has 0 saturated heterocycles. The van der Waals surface area contributed by atoms with Crippen LogP contribution in [0.5, 0.6) is 5.75 Å². The second kappa shape index (κ2) is 6.80. The maximum absolute atomic E-state index is 5.41. The first-order valence-electron chi connectivity index (χ1n) is 6.83. The Balaban J connectivity index is 2.26. The van der Waals surface area contributed by atoms with Gasteiger partial charge in [-0.3, -0.25) is 0 Å². The van der Waals surface area contributed by atoms with Gasteiger partial charge in [-0.05, 0) is 24.6 Å². The molecule has 1 N–H and O–H groups in total. The normalized spacial score (nSPS) is 10.2. The molecule has 0 amide bonds. The number of rotatable bonds is 6. The minimum atomic E-state index is 0.856. The van der Waals surface area contributed by atoms with Crippen molar-refractivity contribution in [1.82, 2.24) is 4.98 Å². The Kier molecular flexibility index (Phi) is 4.82. The zero-order valence-corrected chi connectivity index (χ0v) is 12.3. The second-order valence-electron chi connectivity index (χ2n) is 4.56. The standard InChI is InChI=1S/C16H21N3O/c1-4-10-17-16-12-13(9-11-18-16)19(2)14-7-5-6-8-15(14)20-3/h5-9,11-12H,4,10H2,1-3H3,(H,17,18). The molecule has 2 aromatic rings. The lowest BCUT2D eigenvalue weighted by atomic mass is 10.2. The van der Waals surface area contributed by atoms with Crippen molar-refractivity contribution in [2.75, 3.05) is 30.9 Å². The summed E-state index contributed by atoms with van der Waals surface area (Å²) in [4.78, 5) is 6.42. The van der Waals surface area contributed by atoms with Gasteiger partial charge in [0.25, 0.3) is 0 Å². The van der Waals surface area contributed by atoms with E-state index in [-0.39, 0.29) is 0 Å². The van der Waals surface area contributed by atoms with Gasteiger partial charge in [-0.25, -0.2) is 4.98 Å². The van der Waals surface area contributed by atoms with Crippen molar-refractivity contribution >= 4 is 17.2 Å². The van der Waals surface area contributed by atoms with Crippen molar-refractivity contribution in [3.63, 3.8) is 0 Å². The lowest BCUT2D eigenvalue weighted by molar-refractivity contribution is 0.415. The predicted octanol–water partition coefficient (Wildman–Crippen LogP) is 3.68. The number of para-hydroxylation sites is 2. The van der Waals surface area contributed by atoms with Crippen molar-refractivity contribution in [3.8, 4) is 5.75 Å². The summed E-state index contributed by atoms with van der Waals surface area (Å²) in [5.74, 6) is 1.75. The van der Waals surface area contributed by atoms with Crippen LogP contribution >= 0.6 is 0 Å². The number of anilines is 3. The van der Waals surface area contributed by atoms with Crippen LogP contribution in [0.15, 0.2) is 42.6 Å². The highest BCUT2D eigenvalue weighted by atomic mass is 16.5. The van der Waals surface area contributed by atoms with Gasteiger partial charge >= 0.3 is 0 Å². The molecule has 0 unspecified atom stereocenters. The van der Waals surface area contributed by atoms with Gasteiger partial charge in [0.1, 0.15) is 11.6 Å². The Morgan fingerprint density at radius 3 is 2.80 bits per heavy atom. The molecule has 0 bridgehead atoms. The molecule has 4 heteroatoms. The number of ether oxygens (including phenoxy) is 1. The number of nitrogens with one attached hydrogen (secondary N) is 1. The topological polar surface area (TPSA) is 37.4 Å².